The molecule has 0 saturated carbocycles. The number of carbonyl (C=O) groups excluding carboxylic acids is 1. The van der Waals surface area contributed by atoms with Crippen molar-refractivity contribution in [1.29, 1.82) is 0 Å². The molecular weight excluding hydrogens is 284 g/mol. The molecule has 0 fully saturated rings. The van der Waals surface area contributed by atoms with Crippen LogP contribution < -0.4 is 0 Å². The van der Waals surface area contributed by atoms with Gasteiger partial charge < -0.3 is 4.74 Å². The number of halogens is 1. The van der Waals surface area contributed by atoms with Crippen LogP contribution in [-0.4, -0.2) is 13.1 Å². The maximum Gasteiger partial charge on any atom is 0.305 e. The number of esters is 1. The van der Waals surface area contributed by atoms with Crippen LogP contribution in [0.25, 0.3) is 6.08 Å². The van der Waals surface area contributed by atoms with E-state index in [1.54, 1.807) is 0 Å². The van der Waals surface area contributed by atoms with E-state index in [-0.39, 0.29) is 11.4 Å². The van der Waals surface area contributed by atoms with E-state index in [1.165, 1.54) is 7.11 Å². The Morgan fingerprint density at radius 2 is 1.90 bits per heavy atom. The van der Waals surface area contributed by atoms with E-state index in [4.69, 9.17) is 11.6 Å². The van der Waals surface area contributed by atoms with Crippen LogP contribution in [0.5, 0.6) is 0 Å². The zero-order chi connectivity index (χ0) is 15.7. The number of rotatable bonds is 7. The van der Waals surface area contributed by atoms with E-state index in [2.05, 4.69) is 42.9 Å². The highest BCUT2D eigenvalue weighted by Crippen LogP contribution is 2.22. The van der Waals surface area contributed by atoms with Gasteiger partial charge in [0, 0.05) is 16.9 Å². The SMILES string of the molecule is COC(=O)CCC/C=C/C(C)(C)/C=C\c1ccc(Cl)cc1. The minimum Gasteiger partial charge on any atom is -0.469 e. The second-order valence-electron chi connectivity index (χ2n) is 5.58. The van der Waals surface area contributed by atoms with Crippen LogP contribution in [0.1, 0.15) is 38.7 Å². The minimum absolute atomic E-state index is 0.0229. The van der Waals surface area contributed by atoms with Crippen LogP contribution in [0.4, 0.5) is 0 Å². The molecule has 0 atom stereocenters. The molecule has 0 heterocycles. The first-order valence-electron chi connectivity index (χ1n) is 7.12. The number of hydrogen-bond acceptors (Lipinski definition) is 2. The molecule has 0 aliphatic heterocycles. The number of methoxy groups -OCH3 is 1. The van der Waals surface area contributed by atoms with Gasteiger partial charge in [-0.15, -0.1) is 0 Å². The highest BCUT2D eigenvalue weighted by Gasteiger charge is 2.08. The third-order valence-electron chi connectivity index (χ3n) is 3.10. The summed E-state index contributed by atoms with van der Waals surface area (Å²) in [6, 6.07) is 7.76. The van der Waals surface area contributed by atoms with E-state index in [0.717, 1.165) is 23.4 Å². The predicted molar refractivity (Wildman–Crippen MR) is 89.3 cm³/mol. The summed E-state index contributed by atoms with van der Waals surface area (Å²) in [6.07, 6.45) is 10.7. The van der Waals surface area contributed by atoms with Crippen LogP contribution in [0.3, 0.4) is 0 Å². The zero-order valence-electron chi connectivity index (χ0n) is 12.9. The number of ether oxygens (including phenoxy) is 1. The van der Waals surface area contributed by atoms with E-state index in [9.17, 15) is 4.79 Å². The van der Waals surface area contributed by atoms with Gasteiger partial charge in [0.15, 0.2) is 0 Å². The number of benzene rings is 1. The molecule has 0 unspecified atom stereocenters. The third kappa shape index (κ3) is 7.72. The van der Waals surface area contributed by atoms with Gasteiger partial charge in [-0.25, -0.2) is 0 Å². The van der Waals surface area contributed by atoms with Gasteiger partial charge in [0.25, 0.3) is 0 Å². The van der Waals surface area contributed by atoms with Gasteiger partial charge >= 0.3 is 5.97 Å². The van der Waals surface area contributed by atoms with Gasteiger partial charge in [-0.2, -0.15) is 0 Å². The molecule has 0 spiro atoms. The van der Waals surface area contributed by atoms with Crippen molar-refractivity contribution in [2.75, 3.05) is 7.11 Å². The Bertz CT molecular complexity index is 498. The molecule has 3 heteroatoms. The average Bonchev–Trinajstić information content (AvgIpc) is 2.46. The van der Waals surface area contributed by atoms with Gasteiger partial charge in [-0.3, -0.25) is 4.79 Å². The zero-order valence-corrected chi connectivity index (χ0v) is 13.7. The molecule has 0 N–H and O–H groups in total. The number of carbonyl (C=O) groups is 1. The van der Waals surface area contributed by atoms with Crippen molar-refractivity contribution in [3.8, 4) is 0 Å². The van der Waals surface area contributed by atoms with Crippen LogP contribution in [0.2, 0.25) is 5.02 Å². The summed E-state index contributed by atoms with van der Waals surface area (Å²) in [4.78, 5) is 11.0. The van der Waals surface area contributed by atoms with Gasteiger partial charge in [0.05, 0.1) is 7.11 Å². The topological polar surface area (TPSA) is 26.3 Å². The first-order valence-corrected chi connectivity index (χ1v) is 7.50. The molecule has 1 aromatic carbocycles. The van der Waals surface area contributed by atoms with Crippen molar-refractivity contribution in [2.24, 2.45) is 5.41 Å². The molecule has 114 valence electrons. The largest absolute Gasteiger partial charge is 0.469 e. The maximum absolute atomic E-state index is 11.0. The van der Waals surface area contributed by atoms with Crippen molar-refractivity contribution < 1.29 is 9.53 Å². The van der Waals surface area contributed by atoms with E-state index >= 15 is 0 Å². The highest BCUT2D eigenvalue weighted by molar-refractivity contribution is 6.30. The molecule has 1 rings (SSSR count). The van der Waals surface area contributed by atoms with Crippen LogP contribution in [0.15, 0.2) is 42.5 Å². The van der Waals surface area contributed by atoms with Crippen molar-refractivity contribution in [3.63, 3.8) is 0 Å². The summed E-state index contributed by atoms with van der Waals surface area (Å²) in [5.41, 5.74) is 1.11. The predicted octanol–water partition coefficient (Wildman–Crippen LogP) is 5.28. The van der Waals surface area contributed by atoms with Crippen LogP contribution in [-0.2, 0) is 9.53 Å². The van der Waals surface area contributed by atoms with E-state index in [1.807, 2.05) is 24.3 Å². The maximum atomic E-state index is 11.0. The molecule has 0 saturated heterocycles. The molecular formula is C18H23ClO2. The smallest absolute Gasteiger partial charge is 0.305 e. The third-order valence-corrected chi connectivity index (χ3v) is 3.35. The number of unbranched alkanes of at least 4 members (excludes halogenated alkanes) is 1. The quantitative estimate of drug-likeness (QED) is 0.389. The summed E-state index contributed by atoms with van der Waals surface area (Å²) in [7, 11) is 1.42. The normalized spacial score (nSPS) is 12.2. The Hall–Kier alpha value is -1.54. The van der Waals surface area contributed by atoms with Crippen molar-refractivity contribution in [2.45, 2.75) is 33.1 Å². The molecule has 0 aliphatic rings. The lowest BCUT2D eigenvalue weighted by molar-refractivity contribution is -0.140. The standard InChI is InChI=1S/C18H23ClO2/c1-18(2,13-6-4-5-7-17(20)21-3)14-12-15-8-10-16(19)11-9-15/h6,8-14H,4-5,7H2,1-3H3/b13-6+,14-12-. The van der Waals surface area contributed by atoms with Gasteiger partial charge in [-0.05, 0) is 30.5 Å². The van der Waals surface area contributed by atoms with Crippen LogP contribution in [0, 0.1) is 5.41 Å². The highest BCUT2D eigenvalue weighted by atomic mass is 35.5. The second kappa shape index (κ2) is 8.68. The summed E-state index contributed by atoms with van der Waals surface area (Å²) in [5, 5.41) is 0.747. The molecule has 21 heavy (non-hydrogen) atoms. The Morgan fingerprint density at radius 3 is 2.52 bits per heavy atom. The molecule has 0 aliphatic carbocycles. The Balaban J connectivity index is 2.45. The molecule has 2 nitrogen and oxygen atoms in total. The fraction of sp³-hybridized carbons (Fsp3) is 0.389. The van der Waals surface area contributed by atoms with Crippen molar-refractivity contribution in [3.05, 3.63) is 53.1 Å². The van der Waals surface area contributed by atoms with Crippen molar-refractivity contribution >= 4 is 23.6 Å². The Labute approximate surface area is 132 Å². The Kier molecular flexibility index (Phi) is 7.24. The summed E-state index contributed by atoms with van der Waals surface area (Å²) in [5.74, 6) is -0.148. The van der Waals surface area contributed by atoms with Crippen LogP contribution >= 0.6 is 11.6 Å². The molecule has 0 bridgehead atoms. The lowest BCUT2D eigenvalue weighted by atomic mass is 9.91. The second-order valence-corrected chi connectivity index (χ2v) is 6.01. The van der Waals surface area contributed by atoms with Gasteiger partial charge in [-0.1, -0.05) is 61.9 Å². The molecule has 0 aromatic heterocycles. The number of hydrogen-bond donors (Lipinski definition) is 0. The number of allylic oxidation sites excluding steroid dienone is 3. The van der Waals surface area contributed by atoms with Crippen molar-refractivity contribution in [1.82, 2.24) is 0 Å². The Morgan fingerprint density at radius 1 is 1.24 bits per heavy atom. The average molecular weight is 307 g/mol. The fourth-order valence-electron chi connectivity index (χ4n) is 1.79. The summed E-state index contributed by atoms with van der Waals surface area (Å²) in [6.45, 7) is 4.30. The molecule has 1 aromatic rings. The fourth-order valence-corrected chi connectivity index (χ4v) is 1.92. The van der Waals surface area contributed by atoms with Gasteiger partial charge in [0.1, 0.15) is 0 Å². The van der Waals surface area contributed by atoms with E-state index < -0.39 is 0 Å². The summed E-state index contributed by atoms with van der Waals surface area (Å²) < 4.78 is 4.61. The van der Waals surface area contributed by atoms with E-state index in [0.29, 0.717) is 6.42 Å². The minimum atomic E-state index is -0.148. The summed E-state index contributed by atoms with van der Waals surface area (Å²) >= 11 is 5.86. The first-order chi connectivity index (χ1) is 9.93. The monoisotopic (exact) mass is 306 g/mol. The lowest BCUT2D eigenvalue weighted by Gasteiger charge is -2.14. The lowest BCUT2D eigenvalue weighted by Crippen LogP contribution is -2.02. The first kappa shape index (κ1) is 17.5. The molecule has 0 amide bonds. The van der Waals surface area contributed by atoms with Gasteiger partial charge in [0.2, 0.25) is 0 Å². The molecule has 0 radical (unpaired) electrons.